The van der Waals surface area contributed by atoms with E-state index in [2.05, 4.69) is 34.4 Å². The summed E-state index contributed by atoms with van der Waals surface area (Å²) in [7, 11) is 0. The normalized spacial score (nSPS) is 11.9. The number of anilines is 8. The number of rotatable bonds is 20. The molecule has 0 unspecified atom stereocenters. The van der Waals surface area contributed by atoms with Gasteiger partial charge in [0.15, 0.2) is 23.1 Å². The molecule has 0 saturated heterocycles. The summed E-state index contributed by atoms with van der Waals surface area (Å²) in [4.78, 5) is 76.7. The zero-order chi connectivity index (χ0) is 57.9. The summed E-state index contributed by atoms with van der Waals surface area (Å²) in [5.74, 6) is -1.59. The van der Waals surface area contributed by atoms with E-state index in [0.717, 1.165) is 56.4 Å². The fourth-order valence-corrected chi connectivity index (χ4v) is 9.33. The van der Waals surface area contributed by atoms with Crippen LogP contribution in [0.5, 0.6) is 0 Å². The van der Waals surface area contributed by atoms with Gasteiger partial charge in [0.1, 0.15) is 0 Å². The van der Waals surface area contributed by atoms with Crippen molar-refractivity contribution in [2.75, 3.05) is 47.7 Å². The van der Waals surface area contributed by atoms with Gasteiger partial charge in [0, 0.05) is 127 Å². The molecule has 8 aromatic rings. The van der Waals surface area contributed by atoms with Crippen molar-refractivity contribution in [3.63, 3.8) is 0 Å². The molecule has 14 nitrogen and oxygen atoms in total. The second-order valence-electron chi connectivity index (χ2n) is 19.9. The highest BCUT2D eigenvalue weighted by molar-refractivity contribution is 6.30. The van der Waals surface area contributed by atoms with Gasteiger partial charge in [-0.2, -0.15) is 0 Å². The average Bonchev–Trinajstić information content (AvgIpc) is 2.60. The third-order valence-electron chi connectivity index (χ3n) is 13.8. The van der Waals surface area contributed by atoms with Gasteiger partial charge in [-0.1, -0.05) is 61.7 Å². The van der Waals surface area contributed by atoms with E-state index in [0.29, 0.717) is 92.7 Å². The zero-order valence-electron chi connectivity index (χ0n) is 45.4. The molecule has 82 heavy (non-hydrogen) atoms. The van der Waals surface area contributed by atoms with Gasteiger partial charge >= 0.3 is 11.9 Å². The third-order valence-corrected chi connectivity index (χ3v) is 13.8. The summed E-state index contributed by atoms with van der Waals surface area (Å²) < 4.78 is 10.3. The van der Waals surface area contributed by atoms with Gasteiger partial charge in [-0.3, -0.25) is 19.2 Å². The molecule has 0 fully saturated rings. The van der Waals surface area contributed by atoms with E-state index in [4.69, 9.17) is 19.7 Å². The van der Waals surface area contributed by atoms with Crippen molar-refractivity contribution in [1.29, 1.82) is 0 Å². The van der Waals surface area contributed by atoms with E-state index in [1.165, 1.54) is 0 Å². The van der Waals surface area contributed by atoms with Crippen LogP contribution in [0.3, 0.4) is 0 Å². The van der Waals surface area contributed by atoms with Crippen molar-refractivity contribution < 1.29 is 48.5 Å². The molecule has 14 heteroatoms. The Morgan fingerprint density at radius 2 is 0.561 bits per heavy atom. The van der Waals surface area contributed by atoms with E-state index < -0.39 is 11.9 Å². The molecule has 10 rings (SSSR count). The van der Waals surface area contributed by atoms with Gasteiger partial charge in [-0.15, -0.1) is 0 Å². The van der Waals surface area contributed by atoms with Gasteiger partial charge in [0.05, 0.1) is 13.2 Å². The maximum atomic E-state index is 13.5. The monoisotopic (exact) mass is 1090 g/mol. The molecule has 0 radical (unpaired) electrons. The Hall–Kier alpha value is -10.0. The van der Waals surface area contributed by atoms with E-state index >= 15 is 0 Å². The standard InChI is InChI=1S/C38H34N2O6.C30H26N2O4/c1-23(2)37(43)45-19-17-25-5-9-27(10-6-25)39-29-13-15-31-33(21-29)35(41)32-16-14-30(22-34(32)36(31)42)40-28-11-7-26(8-12-28)18-20-46-38(44)24(3)4;33-15-13-19-1-5-21(6-2-19)31-23-9-11-25-27(17-23)29(35)26-12-10-24(18-28(26)30(25)36)32-22-7-3-20(4-8-22)14-16-34/h5-16,21-22,39-40H,1,3,17-20H2,2,4H3;1-12,17-18,31-34H,13-16H2. The number of ether oxygens (including phenoxy) is 2. The smallest absolute Gasteiger partial charge is 0.333 e. The number of fused-ring (bicyclic) bond motifs is 4. The molecule has 0 aromatic heterocycles. The molecule has 0 aliphatic heterocycles. The summed E-state index contributed by atoms with van der Waals surface area (Å²) in [6, 6.07) is 51.6. The maximum Gasteiger partial charge on any atom is 0.333 e. The number of carbonyl (C=O) groups is 6. The molecular weight excluding hydrogens is 1030 g/mol. The van der Waals surface area contributed by atoms with Crippen LogP contribution in [0.15, 0.2) is 194 Å². The largest absolute Gasteiger partial charge is 0.462 e. The lowest BCUT2D eigenvalue weighted by atomic mass is 9.83. The van der Waals surface area contributed by atoms with Crippen LogP contribution in [-0.4, -0.2) is 71.7 Å². The quantitative estimate of drug-likeness (QED) is 0.0310. The lowest BCUT2D eigenvalue weighted by molar-refractivity contribution is -0.139. The number of carbonyl (C=O) groups excluding carboxylic acids is 6. The minimum absolute atomic E-state index is 0.102. The second kappa shape index (κ2) is 25.8. The first-order valence-corrected chi connectivity index (χ1v) is 26.7. The Morgan fingerprint density at radius 3 is 0.780 bits per heavy atom. The number of hydrogen-bond acceptors (Lipinski definition) is 14. The first kappa shape index (κ1) is 56.7. The van der Waals surface area contributed by atoms with Crippen LogP contribution in [-0.2, 0) is 44.7 Å². The summed E-state index contributed by atoms with van der Waals surface area (Å²) in [5.41, 5.74) is 13.9. The Morgan fingerprint density at radius 1 is 0.341 bits per heavy atom. The number of nitrogens with one attached hydrogen (secondary N) is 4. The lowest BCUT2D eigenvalue weighted by Gasteiger charge is -2.20. The topological polar surface area (TPSA) is 209 Å². The average molecular weight is 1090 g/mol. The lowest BCUT2D eigenvalue weighted by Crippen LogP contribution is -2.21. The van der Waals surface area contributed by atoms with Crippen molar-refractivity contribution >= 4 is 80.6 Å². The Bertz CT molecular complexity index is 3530. The van der Waals surface area contributed by atoms with Crippen LogP contribution in [0.1, 0.15) is 99.8 Å². The molecule has 0 saturated carbocycles. The van der Waals surface area contributed by atoms with Crippen LogP contribution in [0, 0.1) is 0 Å². The summed E-state index contributed by atoms with van der Waals surface area (Å²) in [5, 5.41) is 31.3. The molecule has 0 heterocycles. The minimum Gasteiger partial charge on any atom is -0.462 e. The van der Waals surface area contributed by atoms with Gasteiger partial charge in [-0.25, -0.2) is 9.59 Å². The van der Waals surface area contributed by atoms with Crippen molar-refractivity contribution in [1.82, 2.24) is 0 Å². The molecule has 0 bridgehead atoms. The number of ketones is 4. The predicted molar refractivity (Wildman–Crippen MR) is 319 cm³/mol. The maximum absolute atomic E-state index is 13.5. The van der Waals surface area contributed by atoms with Gasteiger partial charge in [0.2, 0.25) is 0 Å². The molecule has 412 valence electrons. The first-order valence-electron chi connectivity index (χ1n) is 26.7. The van der Waals surface area contributed by atoms with Gasteiger partial charge in [-0.05, 0) is 170 Å². The number of aliphatic hydroxyl groups is 2. The van der Waals surface area contributed by atoms with Crippen LogP contribution in [0.4, 0.5) is 45.5 Å². The van der Waals surface area contributed by atoms with Crippen LogP contribution >= 0.6 is 0 Å². The number of esters is 2. The molecule has 2 aliphatic carbocycles. The Kier molecular flexibility index (Phi) is 17.9. The molecule has 8 aromatic carbocycles. The summed E-state index contributed by atoms with van der Waals surface area (Å²) in [6.07, 6.45) is 2.36. The van der Waals surface area contributed by atoms with E-state index in [9.17, 15) is 28.8 Å². The molecule has 2 aliphatic rings. The third kappa shape index (κ3) is 13.7. The van der Waals surface area contributed by atoms with Crippen molar-refractivity contribution in [3.8, 4) is 0 Å². The number of aliphatic hydroxyl groups excluding tert-OH is 2. The highest BCUT2D eigenvalue weighted by Crippen LogP contribution is 2.35. The molecular formula is C68H60N4O10. The van der Waals surface area contributed by atoms with Crippen molar-refractivity contribution in [3.05, 3.63) is 261 Å². The van der Waals surface area contributed by atoms with Gasteiger partial charge < -0.3 is 41.0 Å². The first-order chi connectivity index (χ1) is 39.6. The van der Waals surface area contributed by atoms with Crippen LogP contribution in [0.2, 0.25) is 0 Å². The molecule has 6 N–H and O–H groups in total. The van der Waals surface area contributed by atoms with Crippen LogP contribution in [0.25, 0.3) is 0 Å². The highest BCUT2D eigenvalue weighted by Gasteiger charge is 2.32. The highest BCUT2D eigenvalue weighted by atomic mass is 16.5. The summed E-state index contributed by atoms with van der Waals surface area (Å²) >= 11 is 0. The van der Waals surface area contributed by atoms with Crippen molar-refractivity contribution in [2.45, 2.75) is 39.5 Å². The van der Waals surface area contributed by atoms with Crippen LogP contribution < -0.4 is 21.3 Å². The summed E-state index contributed by atoms with van der Waals surface area (Å²) in [6.45, 7) is 11.1. The SMILES string of the molecule is C=C(C)C(=O)OCCc1ccc(Nc2ccc3c(c2)C(=O)c2ccc(Nc4ccc(CCOC(=O)C(=C)C)cc4)cc2C3=O)cc1.O=C1c2ccc(Nc3ccc(CCO)cc3)cc2C(=O)c2ccc(Nc3ccc(CCO)cc3)cc21. The zero-order valence-corrected chi connectivity index (χ0v) is 45.4. The number of benzene rings is 8. The number of hydrogen-bond donors (Lipinski definition) is 6. The second-order valence-corrected chi connectivity index (χ2v) is 19.9. The van der Waals surface area contributed by atoms with E-state index in [-0.39, 0.29) is 49.6 Å². The molecule has 0 spiro atoms. The Labute approximate surface area is 475 Å². The fraction of sp³-hybridized carbons (Fsp3) is 0.147. The van der Waals surface area contributed by atoms with E-state index in [1.54, 1.807) is 86.6 Å². The minimum atomic E-state index is -0.404. The van der Waals surface area contributed by atoms with E-state index in [1.807, 2.05) is 97.1 Å². The van der Waals surface area contributed by atoms with Gasteiger partial charge in [0.25, 0.3) is 0 Å². The molecule has 0 amide bonds. The fourth-order valence-electron chi connectivity index (χ4n) is 9.33. The Balaban J connectivity index is 0.000000203. The molecule has 0 atom stereocenters. The van der Waals surface area contributed by atoms with Crippen molar-refractivity contribution in [2.24, 2.45) is 0 Å². The predicted octanol–water partition coefficient (Wildman–Crippen LogP) is 12.3.